The number of halogens is 2. The van der Waals surface area contributed by atoms with Crippen LogP contribution >= 0.6 is 45.9 Å². The van der Waals surface area contributed by atoms with E-state index in [0.717, 1.165) is 22.8 Å². The summed E-state index contributed by atoms with van der Waals surface area (Å²) in [4.78, 5) is 4.46. The summed E-state index contributed by atoms with van der Waals surface area (Å²) in [6.45, 7) is 0.778. The predicted octanol–water partition coefficient (Wildman–Crippen LogP) is 3.90. The molecule has 2 aromatic rings. The molecular formula is C9H8Cl2N2S2. The highest BCUT2D eigenvalue weighted by Gasteiger charge is 2.11. The maximum absolute atomic E-state index is 6.05. The third kappa shape index (κ3) is 2.52. The molecule has 6 heteroatoms. The van der Waals surface area contributed by atoms with Gasteiger partial charge in [0, 0.05) is 17.5 Å². The number of nitrogens with one attached hydrogen (secondary N) is 1. The fraction of sp³-hybridized carbons (Fsp3) is 0.222. The van der Waals surface area contributed by atoms with Crippen LogP contribution in [0.15, 0.2) is 11.4 Å². The Morgan fingerprint density at radius 2 is 2.27 bits per heavy atom. The zero-order valence-electron chi connectivity index (χ0n) is 7.88. The van der Waals surface area contributed by atoms with Crippen LogP contribution in [0.1, 0.15) is 5.01 Å². The molecule has 0 radical (unpaired) electrons. The average molecular weight is 279 g/mol. The molecule has 2 rings (SSSR count). The van der Waals surface area contributed by atoms with Crippen molar-refractivity contribution in [2.75, 3.05) is 7.05 Å². The van der Waals surface area contributed by atoms with E-state index < -0.39 is 0 Å². The first-order valence-corrected chi connectivity index (χ1v) is 6.70. The van der Waals surface area contributed by atoms with Crippen molar-refractivity contribution in [3.05, 3.63) is 25.1 Å². The van der Waals surface area contributed by atoms with Crippen molar-refractivity contribution in [1.82, 2.24) is 10.3 Å². The van der Waals surface area contributed by atoms with Crippen molar-refractivity contribution in [2.45, 2.75) is 6.54 Å². The molecule has 0 spiro atoms. The van der Waals surface area contributed by atoms with Gasteiger partial charge in [0.1, 0.15) is 9.34 Å². The SMILES string of the molecule is CNCc1nc(-c2cc(Cl)sc2Cl)cs1. The number of thiophene rings is 1. The number of hydrogen-bond donors (Lipinski definition) is 1. The maximum Gasteiger partial charge on any atom is 0.107 e. The van der Waals surface area contributed by atoms with Crippen LogP contribution in [0, 0.1) is 0 Å². The van der Waals surface area contributed by atoms with E-state index in [-0.39, 0.29) is 0 Å². The number of thiazole rings is 1. The lowest BCUT2D eigenvalue weighted by molar-refractivity contribution is 0.811. The lowest BCUT2D eigenvalue weighted by atomic mass is 10.3. The van der Waals surface area contributed by atoms with Gasteiger partial charge in [-0.25, -0.2) is 4.98 Å². The molecule has 0 unspecified atom stereocenters. The molecule has 15 heavy (non-hydrogen) atoms. The Morgan fingerprint density at radius 1 is 1.47 bits per heavy atom. The number of aromatic nitrogens is 1. The molecule has 0 aliphatic heterocycles. The third-order valence-electron chi connectivity index (χ3n) is 1.81. The van der Waals surface area contributed by atoms with Crippen molar-refractivity contribution in [2.24, 2.45) is 0 Å². The number of hydrogen-bond acceptors (Lipinski definition) is 4. The Bertz CT molecular complexity index is 464. The lowest BCUT2D eigenvalue weighted by Crippen LogP contribution is -2.04. The summed E-state index contributed by atoms with van der Waals surface area (Å²) in [5.41, 5.74) is 1.82. The Labute approximate surface area is 106 Å². The molecule has 1 N–H and O–H groups in total. The normalized spacial score (nSPS) is 10.9. The van der Waals surface area contributed by atoms with E-state index in [0.29, 0.717) is 8.67 Å². The van der Waals surface area contributed by atoms with Crippen molar-refractivity contribution in [3.63, 3.8) is 0 Å². The van der Waals surface area contributed by atoms with Crippen LogP contribution in [-0.4, -0.2) is 12.0 Å². The summed E-state index contributed by atoms with van der Waals surface area (Å²) in [5.74, 6) is 0. The van der Waals surface area contributed by atoms with Gasteiger partial charge in [-0.15, -0.1) is 22.7 Å². The van der Waals surface area contributed by atoms with E-state index in [1.165, 1.54) is 11.3 Å². The summed E-state index contributed by atoms with van der Waals surface area (Å²) >= 11 is 14.9. The molecule has 0 saturated carbocycles. The average Bonchev–Trinajstić information content (AvgIpc) is 2.73. The highest BCUT2D eigenvalue weighted by molar-refractivity contribution is 7.20. The molecule has 0 aliphatic carbocycles. The minimum atomic E-state index is 0.693. The molecule has 0 aromatic carbocycles. The molecule has 0 amide bonds. The topological polar surface area (TPSA) is 24.9 Å². The molecular weight excluding hydrogens is 271 g/mol. The first-order chi connectivity index (χ1) is 7.20. The minimum absolute atomic E-state index is 0.693. The van der Waals surface area contributed by atoms with Crippen LogP contribution in [-0.2, 0) is 6.54 Å². The summed E-state index contributed by atoms with van der Waals surface area (Å²) in [6, 6.07) is 1.85. The van der Waals surface area contributed by atoms with E-state index >= 15 is 0 Å². The molecule has 0 aliphatic rings. The predicted molar refractivity (Wildman–Crippen MR) is 68.2 cm³/mol. The smallest absolute Gasteiger partial charge is 0.107 e. The standard InChI is InChI=1S/C9H8Cl2N2S2/c1-12-3-8-13-6(4-14-8)5-2-7(10)15-9(5)11/h2,4,12H,3H2,1H3. The molecule has 0 saturated heterocycles. The van der Waals surface area contributed by atoms with Gasteiger partial charge in [0.25, 0.3) is 0 Å². The van der Waals surface area contributed by atoms with Gasteiger partial charge in [0.2, 0.25) is 0 Å². The molecule has 2 aromatic heterocycles. The Morgan fingerprint density at radius 3 is 2.87 bits per heavy atom. The van der Waals surface area contributed by atoms with Gasteiger partial charge >= 0.3 is 0 Å². The van der Waals surface area contributed by atoms with Gasteiger partial charge in [-0.1, -0.05) is 23.2 Å². The van der Waals surface area contributed by atoms with Crippen molar-refractivity contribution in [3.8, 4) is 11.3 Å². The van der Waals surface area contributed by atoms with Gasteiger partial charge in [-0.2, -0.15) is 0 Å². The molecule has 2 nitrogen and oxygen atoms in total. The van der Waals surface area contributed by atoms with Gasteiger partial charge in [-0.05, 0) is 13.1 Å². The first-order valence-electron chi connectivity index (χ1n) is 4.25. The highest BCUT2D eigenvalue weighted by atomic mass is 35.5. The lowest BCUT2D eigenvalue weighted by Gasteiger charge is -1.92. The van der Waals surface area contributed by atoms with Crippen LogP contribution in [0.3, 0.4) is 0 Å². The van der Waals surface area contributed by atoms with Gasteiger partial charge < -0.3 is 5.32 Å². The fourth-order valence-electron chi connectivity index (χ4n) is 1.18. The van der Waals surface area contributed by atoms with Gasteiger partial charge in [-0.3, -0.25) is 0 Å². The summed E-state index contributed by atoms with van der Waals surface area (Å²) < 4.78 is 1.39. The molecule has 80 valence electrons. The summed E-state index contributed by atoms with van der Waals surface area (Å²) in [6.07, 6.45) is 0. The van der Waals surface area contributed by atoms with Crippen LogP contribution < -0.4 is 5.32 Å². The molecule has 0 bridgehead atoms. The second-order valence-corrected chi connectivity index (χ2v) is 6.12. The Hall–Kier alpha value is -0.130. The van der Waals surface area contributed by atoms with Crippen LogP contribution in [0.4, 0.5) is 0 Å². The second kappa shape index (κ2) is 4.80. The Balaban J connectivity index is 2.32. The van der Waals surface area contributed by atoms with E-state index in [4.69, 9.17) is 23.2 Å². The van der Waals surface area contributed by atoms with Crippen LogP contribution in [0.2, 0.25) is 8.67 Å². The molecule has 0 atom stereocenters. The minimum Gasteiger partial charge on any atom is -0.314 e. The monoisotopic (exact) mass is 278 g/mol. The molecule has 2 heterocycles. The van der Waals surface area contributed by atoms with Gasteiger partial charge in [0.05, 0.1) is 10.0 Å². The van der Waals surface area contributed by atoms with Crippen molar-refractivity contribution in [1.29, 1.82) is 0 Å². The Kier molecular flexibility index (Phi) is 3.64. The van der Waals surface area contributed by atoms with Crippen molar-refractivity contribution >= 4 is 45.9 Å². The van der Waals surface area contributed by atoms with Crippen LogP contribution in [0.5, 0.6) is 0 Å². The van der Waals surface area contributed by atoms with Crippen LogP contribution in [0.25, 0.3) is 11.3 Å². The van der Waals surface area contributed by atoms with Gasteiger partial charge in [0.15, 0.2) is 0 Å². The summed E-state index contributed by atoms with van der Waals surface area (Å²) in [7, 11) is 1.90. The van der Waals surface area contributed by atoms with Crippen molar-refractivity contribution < 1.29 is 0 Å². The zero-order valence-corrected chi connectivity index (χ0v) is 11.0. The highest BCUT2D eigenvalue weighted by Crippen LogP contribution is 2.38. The first kappa shape index (κ1) is 11.4. The third-order valence-corrected chi connectivity index (χ3v) is 4.15. The second-order valence-electron chi connectivity index (χ2n) is 2.89. The fourth-order valence-corrected chi connectivity index (χ4v) is 3.47. The van der Waals surface area contributed by atoms with E-state index in [1.807, 2.05) is 18.5 Å². The number of nitrogens with zero attached hydrogens (tertiary/aromatic N) is 1. The number of rotatable bonds is 3. The maximum atomic E-state index is 6.05. The summed E-state index contributed by atoms with van der Waals surface area (Å²) in [5, 5.41) is 6.10. The zero-order chi connectivity index (χ0) is 10.8. The largest absolute Gasteiger partial charge is 0.314 e. The van der Waals surface area contributed by atoms with E-state index in [1.54, 1.807) is 11.3 Å². The quantitative estimate of drug-likeness (QED) is 0.921. The molecule has 0 fully saturated rings. The van der Waals surface area contributed by atoms with E-state index in [2.05, 4.69) is 10.3 Å². The van der Waals surface area contributed by atoms with E-state index in [9.17, 15) is 0 Å².